The lowest BCUT2D eigenvalue weighted by Gasteiger charge is -2.24. The van der Waals surface area contributed by atoms with Crippen molar-refractivity contribution < 1.29 is 9.53 Å². The molecule has 0 spiro atoms. The van der Waals surface area contributed by atoms with Gasteiger partial charge in [-0.1, -0.05) is 29.8 Å². The lowest BCUT2D eigenvalue weighted by molar-refractivity contribution is -0.116. The standard InChI is InChI=1S/C22H23N3O2/c1-14(2)27-18-10-6-16(7-11-18)19-12-21(26)24-22-20(19)13-23-25(22)17-8-4-15(3)5-9-17/h4-11,13-14,19H,12H2,1-3H3,(H,24,26). The number of fused-ring (bicyclic) bond motifs is 1. The maximum absolute atomic E-state index is 12.4. The molecule has 0 bridgehead atoms. The average molecular weight is 361 g/mol. The summed E-state index contributed by atoms with van der Waals surface area (Å²) in [5, 5.41) is 7.54. The van der Waals surface area contributed by atoms with Crippen LogP contribution in [0.15, 0.2) is 54.7 Å². The van der Waals surface area contributed by atoms with E-state index in [2.05, 4.69) is 10.4 Å². The van der Waals surface area contributed by atoms with Crippen molar-refractivity contribution in [2.45, 2.75) is 39.2 Å². The Labute approximate surface area is 159 Å². The second kappa shape index (κ2) is 6.91. The van der Waals surface area contributed by atoms with Crippen LogP contribution < -0.4 is 10.1 Å². The van der Waals surface area contributed by atoms with Gasteiger partial charge in [0.15, 0.2) is 0 Å². The van der Waals surface area contributed by atoms with E-state index in [0.29, 0.717) is 6.42 Å². The van der Waals surface area contributed by atoms with E-state index >= 15 is 0 Å². The molecule has 1 N–H and O–H groups in total. The Morgan fingerprint density at radius 1 is 1.11 bits per heavy atom. The Hall–Kier alpha value is -3.08. The number of amides is 1. The molecule has 138 valence electrons. The Morgan fingerprint density at radius 2 is 1.81 bits per heavy atom. The third kappa shape index (κ3) is 3.45. The number of benzene rings is 2. The highest BCUT2D eigenvalue weighted by atomic mass is 16.5. The van der Waals surface area contributed by atoms with Gasteiger partial charge >= 0.3 is 0 Å². The molecule has 1 atom stereocenters. The fourth-order valence-electron chi connectivity index (χ4n) is 3.45. The summed E-state index contributed by atoms with van der Waals surface area (Å²) in [4.78, 5) is 12.4. The topological polar surface area (TPSA) is 56.2 Å². The summed E-state index contributed by atoms with van der Waals surface area (Å²) in [6.45, 7) is 6.06. The minimum Gasteiger partial charge on any atom is -0.491 e. The van der Waals surface area contributed by atoms with Gasteiger partial charge in [-0.05, 0) is 50.6 Å². The van der Waals surface area contributed by atoms with E-state index in [9.17, 15) is 4.79 Å². The zero-order valence-corrected chi connectivity index (χ0v) is 15.8. The van der Waals surface area contributed by atoms with Crippen LogP contribution in [0.3, 0.4) is 0 Å². The third-order valence-corrected chi connectivity index (χ3v) is 4.75. The number of aryl methyl sites for hydroxylation is 1. The Morgan fingerprint density at radius 3 is 2.48 bits per heavy atom. The minimum atomic E-state index is -0.0129. The molecule has 0 saturated heterocycles. The summed E-state index contributed by atoms with van der Waals surface area (Å²) in [5.74, 6) is 1.58. The zero-order chi connectivity index (χ0) is 19.0. The van der Waals surface area contributed by atoms with Gasteiger partial charge in [0, 0.05) is 17.9 Å². The van der Waals surface area contributed by atoms with Gasteiger partial charge in [-0.3, -0.25) is 4.79 Å². The van der Waals surface area contributed by atoms with Crippen molar-refractivity contribution in [3.8, 4) is 11.4 Å². The van der Waals surface area contributed by atoms with E-state index in [1.807, 2.05) is 75.5 Å². The zero-order valence-electron chi connectivity index (χ0n) is 15.8. The van der Waals surface area contributed by atoms with Gasteiger partial charge < -0.3 is 10.1 Å². The summed E-state index contributed by atoms with van der Waals surface area (Å²) < 4.78 is 7.52. The van der Waals surface area contributed by atoms with Crippen molar-refractivity contribution >= 4 is 11.7 Å². The van der Waals surface area contributed by atoms with Crippen LogP contribution in [-0.2, 0) is 4.79 Å². The van der Waals surface area contributed by atoms with Gasteiger partial charge in [-0.2, -0.15) is 5.10 Å². The molecular weight excluding hydrogens is 338 g/mol. The van der Waals surface area contributed by atoms with Crippen LogP contribution >= 0.6 is 0 Å². The van der Waals surface area contributed by atoms with Crippen molar-refractivity contribution in [3.05, 3.63) is 71.4 Å². The van der Waals surface area contributed by atoms with Crippen molar-refractivity contribution in [3.63, 3.8) is 0 Å². The van der Waals surface area contributed by atoms with E-state index in [0.717, 1.165) is 28.4 Å². The first-order valence-corrected chi connectivity index (χ1v) is 9.22. The number of aromatic nitrogens is 2. The highest BCUT2D eigenvalue weighted by molar-refractivity contribution is 5.94. The fraction of sp³-hybridized carbons (Fsp3) is 0.273. The molecule has 0 saturated carbocycles. The van der Waals surface area contributed by atoms with Crippen molar-refractivity contribution in [2.24, 2.45) is 0 Å². The maximum atomic E-state index is 12.4. The number of nitrogens with one attached hydrogen (secondary N) is 1. The van der Waals surface area contributed by atoms with Crippen LogP contribution in [0.1, 0.15) is 42.9 Å². The molecule has 0 radical (unpaired) electrons. The molecule has 0 fully saturated rings. The minimum absolute atomic E-state index is 0.00358. The first-order chi connectivity index (χ1) is 13.0. The Bertz CT molecular complexity index is 956. The molecule has 27 heavy (non-hydrogen) atoms. The summed E-state index contributed by atoms with van der Waals surface area (Å²) in [6.07, 6.45) is 2.41. The highest BCUT2D eigenvalue weighted by Crippen LogP contribution is 2.38. The molecule has 5 nitrogen and oxygen atoms in total. The van der Waals surface area contributed by atoms with Crippen molar-refractivity contribution in [2.75, 3.05) is 5.32 Å². The number of anilines is 1. The van der Waals surface area contributed by atoms with Crippen LogP contribution in [0, 0.1) is 6.92 Å². The molecule has 1 unspecified atom stereocenters. The first kappa shape index (κ1) is 17.3. The number of hydrogen-bond acceptors (Lipinski definition) is 3. The molecule has 3 aromatic rings. The van der Waals surface area contributed by atoms with Crippen LogP contribution in [0.25, 0.3) is 5.69 Å². The summed E-state index contributed by atoms with van der Waals surface area (Å²) >= 11 is 0. The van der Waals surface area contributed by atoms with Crippen LogP contribution in [0.5, 0.6) is 5.75 Å². The average Bonchev–Trinajstić information content (AvgIpc) is 3.05. The lowest BCUT2D eigenvalue weighted by atomic mass is 9.87. The summed E-state index contributed by atoms with van der Waals surface area (Å²) in [6, 6.07) is 16.1. The largest absolute Gasteiger partial charge is 0.491 e. The first-order valence-electron chi connectivity index (χ1n) is 9.22. The monoisotopic (exact) mass is 361 g/mol. The van der Waals surface area contributed by atoms with Gasteiger partial charge in [0.05, 0.1) is 18.0 Å². The smallest absolute Gasteiger partial charge is 0.226 e. The molecule has 2 heterocycles. The van der Waals surface area contributed by atoms with E-state index in [-0.39, 0.29) is 17.9 Å². The molecular formula is C22H23N3O2. The normalized spacial score (nSPS) is 16.1. The highest BCUT2D eigenvalue weighted by Gasteiger charge is 2.30. The van der Waals surface area contributed by atoms with Crippen molar-refractivity contribution in [1.29, 1.82) is 0 Å². The quantitative estimate of drug-likeness (QED) is 0.747. The number of hydrogen-bond donors (Lipinski definition) is 1. The van der Waals surface area contributed by atoms with E-state index < -0.39 is 0 Å². The number of ether oxygens (including phenoxy) is 1. The van der Waals surface area contributed by atoms with Gasteiger partial charge in [-0.15, -0.1) is 0 Å². The van der Waals surface area contributed by atoms with Gasteiger partial charge in [0.1, 0.15) is 11.6 Å². The molecule has 4 rings (SSSR count). The number of nitrogens with zero attached hydrogens (tertiary/aromatic N) is 2. The van der Waals surface area contributed by atoms with Gasteiger partial charge in [0.25, 0.3) is 0 Å². The van der Waals surface area contributed by atoms with Gasteiger partial charge in [0.2, 0.25) is 5.91 Å². The molecule has 0 aliphatic carbocycles. The summed E-state index contributed by atoms with van der Waals surface area (Å²) in [7, 11) is 0. The molecule has 1 aromatic heterocycles. The fourth-order valence-corrected chi connectivity index (χ4v) is 3.45. The number of carbonyl (C=O) groups is 1. The van der Waals surface area contributed by atoms with Gasteiger partial charge in [-0.25, -0.2) is 4.68 Å². The van der Waals surface area contributed by atoms with Crippen LogP contribution in [-0.4, -0.2) is 21.8 Å². The number of carbonyl (C=O) groups excluding carboxylic acids is 1. The summed E-state index contributed by atoms with van der Waals surface area (Å²) in [5.41, 5.74) is 4.24. The van der Waals surface area contributed by atoms with E-state index in [1.54, 1.807) is 4.68 Å². The second-order valence-electron chi connectivity index (χ2n) is 7.24. The van der Waals surface area contributed by atoms with Crippen LogP contribution in [0.4, 0.5) is 5.82 Å². The molecule has 1 aliphatic heterocycles. The third-order valence-electron chi connectivity index (χ3n) is 4.75. The van der Waals surface area contributed by atoms with Crippen molar-refractivity contribution in [1.82, 2.24) is 9.78 Å². The Kier molecular flexibility index (Phi) is 4.44. The molecule has 2 aromatic carbocycles. The predicted octanol–water partition coefficient (Wildman–Crippen LogP) is 4.44. The van der Waals surface area contributed by atoms with E-state index in [4.69, 9.17) is 4.74 Å². The Balaban J connectivity index is 1.69. The SMILES string of the molecule is Cc1ccc(-n2ncc3c2NC(=O)CC3c2ccc(OC(C)C)cc2)cc1. The van der Waals surface area contributed by atoms with E-state index in [1.165, 1.54) is 5.56 Å². The number of rotatable bonds is 4. The second-order valence-corrected chi connectivity index (χ2v) is 7.24. The molecule has 1 aliphatic rings. The lowest BCUT2D eigenvalue weighted by Crippen LogP contribution is -2.24. The maximum Gasteiger partial charge on any atom is 0.226 e. The molecule has 5 heteroatoms. The van der Waals surface area contributed by atoms with Crippen LogP contribution in [0.2, 0.25) is 0 Å². The molecule has 1 amide bonds. The predicted molar refractivity (Wildman–Crippen MR) is 106 cm³/mol.